The van der Waals surface area contributed by atoms with Crippen molar-refractivity contribution in [2.45, 2.75) is 20.1 Å². The maximum absolute atomic E-state index is 12.2. The lowest BCUT2D eigenvalue weighted by Gasteiger charge is -2.15. The molecule has 23 heavy (non-hydrogen) atoms. The van der Waals surface area contributed by atoms with E-state index < -0.39 is 6.61 Å². The molecule has 1 aromatic carbocycles. The summed E-state index contributed by atoms with van der Waals surface area (Å²) >= 11 is 1.50. The van der Waals surface area contributed by atoms with Gasteiger partial charge in [0.2, 0.25) is 5.91 Å². The molecule has 0 radical (unpaired) electrons. The Bertz CT molecular complexity index is 701. The van der Waals surface area contributed by atoms with Crippen LogP contribution in [0, 0.1) is 6.92 Å². The van der Waals surface area contributed by atoms with Gasteiger partial charge in [0.15, 0.2) is 0 Å². The monoisotopic (exact) mass is 338 g/mol. The number of carbonyl (C=O) groups is 1. The lowest BCUT2D eigenvalue weighted by molar-refractivity contribution is -0.125. The number of thiazole rings is 1. The van der Waals surface area contributed by atoms with Crippen molar-refractivity contribution in [3.05, 3.63) is 52.0 Å². The number of rotatable bonds is 6. The van der Waals surface area contributed by atoms with Crippen molar-refractivity contribution in [2.75, 3.05) is 7.05 Å². The third kappa shape index (κ3) is 5.45. The molecule has 0 saturated carbocycles. The van der Waals surface area contributed by atoms with Crippen LogP contribution in [-0.4, -0.2) is 29.5 Å². The van der Waals surface area contributed by atoms with Gasteiger partial charge in [-0.15, -0.1) is 11.3 Å². The van der Waals surface area contributed by atoms with E-state index in [1.807, 2.05) is 6.92 Å². The van der Waals surface area contributed by atoms with E-state index >= 15 is 0 Å². The smallest absolute Gasteiger partial charge is 0.387 e. The van der Waals surface area contributed by atoms with Crippen LogP contribution in [-0.2, 0) is 11.3 Å². The Morgan fingerprint density at radius 2 is 2.26 bits per heavy atom. The molecule has 0 fully saturated rings. The number of nitrogens with zero attached hydrogens (tertiary/aromatic N) is 2. The van der Waals surface area contributed by atoms with Crippen molar-refractivity contribution < 1.29 is 18.3 Å². The normalized spacial score (nSPS) is 11.2. The van der Waals surface area contributed by atoms with E-state index in [-0.39, 0.29) is 11.7 Å². The molecule has 4 nitrogen and oxygen atoms in total. The molecule has 0 aliphatic rings. The highest BCUT2D eigenvalue weighted by Crippen LogP contribution is 2.17. The van der Waals surface area contributed by atoms with Gasteiger partial charge in [0, 0.05) is 30.7 Å². The van der Waals surface area contributed by atoms with E-state index in [4.69, 9.17) is 0 Å². The number of halogens is 2. The van der Waals surface area contributed by atoms with Crippen LogP contribution in [0.5, 0.6) is 5.75 Å². The molecule has 2 rings (SSSR count). The molecule has 7 heteroatoms. The second-order valence-electron chi connectivity index (χ2n) is 4.84. The van der Waals surface area contributed by atoms with Gasteiger partial charge in [0.05, 0.1) is 5.01 Å². The highest BCUT2D eigenvalue weighted by molar-refractivity contribution is 7.12. The molecule has 0 atom stereocenters. The van der Waals surface area contributed by atoms with Crippen LogP contribution in [0.25, 0.3) is 6.08 Å². The molecular weight excluding hydrogens is 322 g/mol. The maximum Gasteiger partial charge on any atom is 0.387 e. The number of hydrogen-bond acceptors (Lipinski definition) is 4. The van der Waals surface area contributed by atoms with Gasteiger partial charge in [-0.3, -0.25) is 4.79 Å². The summed E-state index contributed by atoms with van der Waals surface area (Å²) in [5, 5.41) is 0.932. The fourth-order valence-electron chi connectivity index (χ4n) is 1.91. The van der Waals surface area contributed by atoms with E-state index in [9.17, 15) is 13.6 Å². The Hall–Kier alpha value is -2.28. The quantitative estimate of drug-likeness (QED) is 0.754. The largest absolute Gasteiger partial charge is 0.435 e. The minimum atomic E-state index is -2.87. The first kappa shape index (κ1) is 17.1. The zero-order valence-corrected chi connectivity index (χ0v) is 13.5. The Morgan fingerprint density at radius 1 is 1.48 bits per heavy atom. The summed E-state index contributed by atoms with van der Waals surface area (Å²) in [6.07, 6.45) is 4.88. The molecule has 0 saturated heterocycles. The lowest BCUT2D eigenvalue weighted by Crippen LogP contribution is -2.24. The fourth-order valence-corrected chi connectivity index (χ4v) is 2.60. The summed E-state index contributed by atoms with van der Waals surface area (Å²) in [6, 6.07) is 6.30. The second-order valence-corrected chi connectivity index (χ2v) is 6.10. The summed E-state index contributed by atoms with van der Waals surface area (Å²) < 4.78 is 28.8. The van der Waals surface area contributed by atoms with E-state index in [2.05, 4.69) is 9.72 Å². The summed E-state index contributed by atoms with van der Waals surface area (Å²) in [7, 11) is 1.64. The molecule has 0 aliphatic carbocycles. The molecule has 0 N–H and O–H groups in total. The maximum atomic E-state index is 12.2. The van der Waals surface area contributed by atoms with Gasteiger partial charge in [0.25, 0.3) is 0 Å². The van der Waals surface area contributed by atoms with Gasteiger partial charge in [-0.25, -0.2) is 4.98 Å². The van der Waals surface area contributed by atoms with Crippen molar-refractivity contribution >= 4 is 23.3 Å². The topological polar surface area (TPSA) is 42.4 Å². The number of aryl methyl sites for hydroxylation is 1. The highest BCUT2D eigenvalue weighted by Gasteiger charge is 2.09. The van der Waals surface area contributed by atoms with Crippen molar-refractivity contribution in [1.29, 1.82) is 0 Å². The molecule has 0 aliphatic heterocycles. The minimum Gasteiger partial charge on any atom is -0.435 e. The van der Waals surface area contributed by atoms with Crippen molar-refractivity contribution in [1.82, 2.24) is 9.88 Å². The van der Waals surface area contributed by atoms with Gasteiger partial charge < -0.3 is 9.64 Å². The Balaban J connectivity index is 1.96. The Kier molecular flexibility index (Phi) is 5.81. The first-order chi connectivity index (χ1) is 10.9. The van der Waals surface area contributed by atoms with E-state index in [1.54, 1.807) is 31.5 Å². The molecule has 0 unspecified atom stereocenters. The lowest BCUT2D eigenvalue weighted by atomic mass is 10.2. The summed E-state index contributed by atoms with van der Waals surface area (Å²) in [5.74, 6) is -0.106. The second kappa shape index (κ2) is 7.82. The van der Waals surface area contributed by atoms with Crippen molar-refractivity contribution in [3.8, 4) is 5.75 Å². The molecular formula is C16H16F2N2O2S. The molecule has 0 spiro atoms. The molecule has 1 aromatic heterocycles. The predicted octanol–water partition coefficient (Wildman–Crippen LogP) is 3.72. The van der Waals surface area contributed by atoms with Crippen LogP contribution < -0.4 is 4.74 Å². The fraction of sp³-hybridized carbons (Fsp3) is 0.250. The van der Waals surface area contributed by atoms with Crippen LogP contribution in [0.2, 0.25) is 0 Å². The van der Waals surface area contributed by atoms with Crippen LogP contribution in [0.3, 0.4) is 0 Å². The summed E-state index contributed by atoms with van der Waals surface area (Å²) in [5.41, 5.74) is 0.709. The number of hydrogen-bond donors (Lipinski definition) is 0. The van der Waals surface area contributed by atoms with Gasteiger partial charge in [-0.05, 0) is 30.7 Å². The number of alkyl halides is 2. The Morgan fingerprint density at radius 3 is 2.91 bits per heavy atom. The average molecular weight is 338 g/mol. The minimum absolute atomic E-state index is 0.0778. The molecule has 1 amide bonds. The van der Waals surface area contributed by atoms with Gasteiger partial charge in [-0.1, -0.05) is 12.1 Å². The third-order valence-corrected chi connectivity index (χ3v) is 3.83. The molecule has 2 aromatic rings. The van der Waals surface area contributed by atoms with Crippen LogP contribution in [0.4, 0.5) is 8.78 Å². The van der Waals surface area contributed by atoms with Crippen molar-refractivity contribution in [2.24, 2.45) is 0 Å². The SMILES string of the molecule is Cc1ncc(C=CC(=O)N(C)Cc2cccc(OC(F)F)c2)s1. The molecule has 122 valence electrons. The standard InChI is InChI=1S/C16H16F2N2O2S/c1-11-19-9-14(23-11)6-7-15(21)20(2)10-12-4-3-5-13(8-12)22-16(17)18/h3-9,16H,10H2,1-2H3. The zero-order valence-electron chi connectivity index (χ0n) is 12.7. The number of amides is 1. The van der Waals surface area contributed by atoms with Crippen LogP contribution in [0.15, 0.2) is 36.5 Å². The number of ether oxygens (including phenoxy) is 1. The Labute approximate surface area is 137 Å². The summed E-state index contributed by atoms with van der Waals surface area (Å²) in [6.45, 7) is -0.675. The number of benzene rings is 1. The van der Waals surface area contributed by atoms with E-state index in [1.165, 1.54) is 34.4 Å². The molecule has 1 heterocycles. The molecule has 0 bridgehead atoms. The zero-order chi connectivity index (χ0) is 16.8. The number of carbonyl (C=O) groups excluding carboxylic acids is 1. The first-order valence-corrected chi connectivity index (χ1v) is 7.65. The first-order valence-electron chi connectivity index (χ1n) is 6.83. The van der Waals surface area contributed by atoms with Crippen LogP contribution >= 0.6 is 11.3 Å². The van der Waals surface area contributed by atoms with Gasteiger partial charge in [0.1, 0.15) is 5.75 Å². The third-order valence-electron chi connectivity index (χ3n) is 2.95. The number of likely N-dealkylation sites (N-methyl/N-ethyl adjacent to an activating group) is 1. The summed E-state index contributed by atoms with van der Waals surface area (Å²) in [4.78, 5) is 18.6. The van der Waals surface area contributed by atoms with Gasteiger partial charge in [-0.2, -0.15) is 8.78 Å². The van der Waals surface area contributed by atoms with E-state index in [0.29, 0.717) is 12.1 Å². The van der Waals surface area contributed by atoms with Crippen LogP contribution in [0.1, 0.15) is 15.4 Å². The highest BCUT2D eigenvalue weighted by atomic mass is 32.1. The van der Waals surface area contributed by atoms with Crippen molar-refractivity contribution in [3.63, 3.8) is 0 Å². The van der Waals surface area contributed by atoms with Gasteiger partial charge >= 0.3 is 6.61 Å². The van der Waals surface area contributed by atoms with E-state index in [0.717, 1.165) is 9.88 Å². The number of aromatic nitrogens is 1. The average Bonchev–Trinajstić information content (AvgIpc) is 2.90. The predicted molar refractivity (Wildman–Crippen MR) is 85.4 cm³/mol.